The standard InChI is InChI=1S/C25H30N2O3/c1-26-24(29)25(14-3-15-27(17-25)23(28)21-8-9-21)16-18-4-6-19(7-5-18)20-10-12-22(30-2)13-11-20/h4-7,10-13,21H,3,8-9,14-17H2,1-2H3,(H,26,29). The molecule has 2 aliphatic rings. The Balaban J connectivity index is 1.52. The monoisotopic (exact) mass is 406 g/mol. The highest BCUT2D eigenvalue weighted by Gasteiger charge is 2.45. The van der Waals surface area contributed by atoms with Crippen molar-refractivity contribution in [1.29, 1.82) is 0 Å². The van der Waals surface area contributed by atoms with Gasteiger partial charge in [0.2, 0.25) is 11.8 Å². The van der Waals surface area contributed by atoms with Crippen molar-refractivity contribution in [2.24, 2.45) is 11.3 Å². The van der Waals surface area contributed by atoms with Crippen molar-refractivity contribution in [3.63, 3.8) is 0 Å². The molecule has 4 rings (SSSR count). The minimum atomic E-state index is -0.556. The number of carbonyl (C=O) groups excluding carboxylic acids is 2. The van der Waals surface area contributed by atoms with E-state index in [-0.39, 0.29) is 17.7 Å². The van der Waals surface area contributed by atoms with E-state index in [0.717, 1.165) is 54.7 Å². The number of carbonyl (C=O) groups is 2. The van der Waals surface area contributed by atoms with Crippen molar-refractivity contribution in [3.8, 4) is 16.9 Å². The number of hydrogen-bond acceptors (Lipinski definition) is 3. The number of likely N-dealkylation sites (tertiary alicyclic amines) is 1. The van der Waals surface area contributed by atoms with Gasteiger partial charge in [0, 0.05) is 26.1 Å². The number of benzene rings is 2. The maximum Gasteiger partial charge on any atom is 0.228 e. The van der Waals surface area contributed by atoms with Gasteiger partial charge in [-0.3, -0.25) is 9.59 Å². The number of hydrogen-bond donors (Lipinski definition) is 1. The van der Waals surface area contributed by atoms with Gasteiger partial charge >= 0.3 is 0 Å². The van der Waals surface area contributed by atoms with Gasteiger partial charge in [-0.15, -0.1) is 0 Å². The van der Waals surface area contributed by atoms with Crippen LogP contribution in [0.2, 0.25) is 0 Å². The van der Waals surface area contributed by atoms with Gasteiger partial charge in [-0.25, -0.2) is 0 Å². The van der Waals surface area contributed by atoms with Crippen LogP contribution in [0.1, 0.15) is 31.2 Å². The van der Waals surface area contributed by atoms with E-state index >= 15 is 0 Å². The van der Waals surface area contributed by atoms with E-state index in [1.54, 1.807) is 14.2 Å². The summed E-state index contributed by atoms with van der Waals surface area (Å²) in [7, 11) is 3.36. The molecule has 158 valence electrons. The lowest BCUT2D eigenvalue weighted by Gasteiger charge is -2.41. The fourth-order valence-corrected chi connectivity index (χ4v) is 4.57. The molecule has 2 fully saturated rings. The predicted octanol–water partition coefficient (Wildman–Crippen LogP) is 3.67. The van der Waals surface area contributed by atoms with E-state index in [9.17, 15) is 9.59 Å². The second-order valence-electron chi connectivity index (χ2n) is 8.60. The molecule has 2 amide bonds. The van der Waals surface area contributed by atoms with Gasteiger partial charge in [0.05, 0.1) is 12.5 Å². The highest BCUT2D eigenvalue weighted by atomic mass is 16.5. The lowest BCUT2D eigenvalue weighted by Crippen LogP contribution is -2.54. The number of methoxy groups -OCH3 is 1. The van der Waals surface area contributed by atoms with E-state index in [4.69, 9.17) is 4.74 Å². The molecule has 0 spiro atoms. The predicted molar refractivity (Wildman–Crippen MR) is 117 cm³/mol. The molecule has 0 bridgehead atoms. The first kappa shape index (κ1) is 20.5. The average Bonchev–Trinajstić information content (AvgIpc) is 3.64. The van der Waals surface area contributed by atoms with E-state index in [2.05, 4.69) is 29.6 Å². The Hall–Kier alpha value is -2.82. The molecule has 1 N–H and O–H groups in total. The smallest absolute Gasteiger partial charge is 0.228 e. The number of nitrogens with one attached hydrogen (secondary N) is 1. The van der Waals surface area contributed by atoms with Crippen LogP contribution in [0.15, 0.2) is 48.5 Å². The van der Waals surface area contributed by atoms with Crippen molar-refractivity contribution in [2.45, 2.75) is 32.1 Å². The molecule has 2 aromatic carbocycles. The first-order valence-electron chi connectivity index (χ1n) is 10.8. The topological polar surface area (TPSA) is 58.6 Å². The molecular weight excluding hydrogens is 376 g/mol. The van der Waals surface area contributed by atoms with E-state index in [1.165, 1.54) is 0 Å². The van der Waals surface area contributed by atoms with Gasteiger partial charge in [-0.2, -0.15) is 0 Å². The van der Waals surface area contributed by atoms with Gasteiger partial charge in [0.25, 0.3) is 0 Å². The summed E-state index contributed by atoms with van der Waals surface area (Å²) >= 11 is 0. The first-order valence-corrected chi connectivity index (χ1v) is 10.8. The maximum absolute atomic E-state index is 12.9. The molecule has 1 atom stereocenters. The van der Waals surface area contributed by atoms with Crippen LogP contribution >= 0.6 is 0 Å². The highest BCUT2D eigenvalue weighted by molar-refractivity contribution is 5.86. The Morgan fingerprint density at radius 1 is 1.07 bits per heavy atom. The van der Waals surface area contributed by atoms with Crippen molar-refractivity contribution >= 4 is 11.8 Å². The summed E-state index contributed by atoms with van der Waals surface area (Å²) in [6.45, 7) is 1.28. The number of nitrogens with zero attached hydrogens (tertiary/aromatic N) is 1. The molecule has 1 aliphatic heterocycles. The fourth-order valence-electron chi connectivity index (χ4n) is 4.57. The maximum atomic E-state index is 12.9. The summed E-state index contributed by atoms with van der Waals surface area (Å²) in [5.41, 5.74) is 2.82. The summed E-state index contributed by atoms with van der Waals surface area (Å²) in [6.07, 6.45) is 4.31. The highest BCUT2D eigenvalue weighted by Crippen LogP contribution is 2.38. The summed E-state index contributed by atoms with van der Waals surface area (Å²) < 4.78 is 5.23. The van der Waals surface area contributed by atoms with Gasteiger partial charge in [-0.1, -0.05) is 36.4 Å². The van der Waals surface area contributed by atoms with Crippen LogP contribution in [0.5, 0.6) is 5.75 Å². The molecule has 2 aromatic rings. The number of ether oxygens (including phenoxy) is 1. The molecule has 0 radical (unpaired) electrons. The normalized spacial score (nSPS) is 21.2. The molecule has 30 heavy (non-hydrogen) atoms. The molecule has 5 nitrogen and oxygen atoms in total. The Morgan fingerprint density at radius 2 is 1.70 bits per heavy atom. The van der Waals surface area contributed by atoms with E-state index in [0.29, 0.717) is 13.0 Å². The average molecular weight is 407 g/mol. The zero-order chi connectivity index (χ0) is 21.1. The van der Waals surface area contributed by atoms with Crippen LogP contribution in [0.3, 0.4) is 0 Å². The summed E-state index contributed by atoms with van der Waals surface area (Å²) in [4.78, 5) is 27.5. The van der Waals surface area contributed by atoms with Gasteiger partial charge in [0.1, 0.15) is 5.75 Å². The zero-order valence-corrected chi connectivity index (χ0v) is 17.8. The molecule has 1 saturated heterocycles. The second-order valence-corrected chi connectivity index (χ2v) is 8.60. The largest absolute Gasteiger partial charge is 0.497 e. The molecule has 1 heterocycles. The lowest BCUT2D eigenvalue weighted by molar-refractivity contribution is -0.142. The molecular formula is C25H30N2O3. The SMILES string of the molecule is CNC(=O)C1(Cc2ccc(-c3ccc(OC)cc3)cc2)CCCN(C(=O)C2CC2)C1. The number of amides is 2. The van der Waals surface area contributed by atoms with Crippen molar-refractivity contribution in [2.75, 3.05) is 27.2 Å². The van der Waals surface area contributed by atoms with E-state index in [1.807, 2.05) is 29.2 Å². The van der Waals surface area contributed by atoms with Crippen molar-refractivity contribution in [3.05, 3.63) is 54.1 Å². The molecule has 5 heteroatoms. The third-order valence-electron chi connectivity index (χ3n) is 6.44. The van der Waals surface area contributed by atoms with Crippen LogP contribution in [0.4, 0.5) is 0 Å². The van der Waals surface area contributed by atoms with E-state index < -0.39 is 5.41 Å². The van der Waals surface area contributed by atoms with Gasteiger partial charge < -0.3 is 15.0 Å². The minimum Gasteiger partial charge on any atom is -0.497 e. The lowest BCUT2D eigenvalue weighted by atomic mass is 9.74. The molecule has 0 aromatic heterocycles. The van der Waals surface area contributed by atoms with Crippen LogP contribution in [0, 0.1) is 11.3 Å². The third-order valence-corrected chi connectivity index (χ3v) is 6.44. The molecule has 1 saturated carbocycles. The zero-order valence-electron chi connectivity index (χ0n) is 17.8. The minimum absolute atomic E-state index is 0.0371. The first-order chi connectivity index (χ1) is 14.5. The van der Waals surface area contributed by atoms with Crippen LogP contribution in [0.25, 0.3) is 11.1 Å². The quantitative estimate of drug-likeness (QED) is 0.796. The van der Waals surface area contributed by atoms with Gasteiger partial charge in [-0.05, 0) is 60.9 Å². The van der Waals surface area contributed by atoms with Gasteiger partial charge in [0.15, 0.2) is 0 Å². The summed E-state index contributed by atoms with van der Waals surface area (Å²) in [5, 5.41) is 2.86. The second kappa shape index (κ2) is 8.50. The molecule has 1 aliphatic carbocycles. The van der Waals surface area contributed by atoms with Crippen molar-refractivity contribution < 1.29 is 14.3 Å². The van der Waals surface area contributed by atoms with Crippen LogP contribution in [-0.2, 0) is 16.0 Å². The Kier molecular flexibility index (Phi) is 5.80. The Bertz CT molecular complexity index is 903. The van der Waals surface area contributed by atoms with Crippen LogP contribution in [-0.4, -0.2) is 44.0 Å². The number of piperidine rings is 1. The van der Waals surface area contributed by atoms with Crippen molar-refractivity contribution in [1.82, 2.24) is 10.2 Å². The third kappa shape index (κ3) is 4.20. The summed E-state index contributed by atoms with van der Waals surface area (Å²) in [6, 6.07) is 16.4. The molecule has 1 unspecified atom stereocenters. The Labute approximate surface area is 178 Å². The summed E-state index contributed by atoms with van der Waals surface area (Å²) in [5.74, 6) is 1.30. The Morgan fingerprint density at radius 3 is 2.27 bits per heavy atom. The number of rotatable bonds is 6. The fraction of sp³-hybridized carbons (Fsp3) is 0.440. The van der Waals surface area contributed by atoms with Crippen LogP contribution < -0.4 is 10.1 Å².